The third-order valence-corrected chi connectivity index (χ3v) is 5.82. The Morgan fingerprint density at radius 3 is 2.26 bits per heavy atom. The lowest BCUT2D eigenvalue weighted by atomic mass is 10.2. The van der Waals surface area contributed by atoms with E-state index in [2.05, 4.69) is 10.2 Å². The number of nitrogens with zero attached hydrogens (tertiary/aromatic N) is 4. The van der Waals surface area contributed by atoms with Crippen LogP contribution in [-0.2, 0) is 12.3 Å². The lowest BCUT2D eigenvalue weighted by molar-refractivity contribution is 0.372. The third-order valence-electron chi connectivity index (χ3n) is 4.86. The SMILES string of the molecule is CCCCn1c(=O)c2ccccc2n2c(SCc3c(F)c(F)c(F)c(F)c3F)nnc12. The van der Waals surface area contributed by atoms with E-state index in [1.54, 1.807) is 28.7 Å². The Morgan fingerprint density at radius 1 is 0.935 bits per heavy atom. The summed E-state index contributed by atoms with van der Waals surface area (Å²) in [4.78, 5) is 12.9. The summed E-state index contributed by atoms with van der Waals surface area (Å²) < 4.78 is 71.4. The summed E-state index contributed by atoms with van der Waals surface area (Å²) >= 11 is 0.753. The molecule has 0 fully saturated rings. The molecule has 162 valence electrons. The highest BCUT2D eigenvalue weighted by molar-refractivity contribution is 7.98. The normalized spacial score (nSPS) is 11.7. The van der Waals surface area contributed by atoms with Gasteiger partial charge in [-0.15, -0.1) is 10.2 Å². The molecule has 0 radical (unpaired) electrons. The highest BCUT2D eigenvalue weighted by atomic mass is 32.2. The van der Waals surface area contributed by atoms with Gasteiger partial charge in [0, 0.05) is 17.9 Å². The Balaban J connectivity index is 1.84. The molecule has 0 bridgehead atoms. The molecule has 5 nitrogen and oxygen atoms in total. The fraction of sp³-hybridized carbons (Fsp3) is 0.250. The Bertz CT molecular complexity index is 1340. The number of aryl methyl sites for hydroxylation is 1. The molecule has 2 heterocycles. The molecule has 0 N–H and O–H groups in total. The Kier molecular flexibility index (Phi) is 5.69. The quantitative estimate of drug-likeness (QED) is 0.181. The maximum Gasteiger partial charge on any atom is 0.262 e. The van der Waals surface area contributed by atoms with Gasteiger partial charge < -0.3 is 0 Å². The van der Waals surface area contributed by atoms with Gasteiger partial charge in [-0.2, -0.15) is 0 Å². The number of halogens is 5. The first kappa shape index (κ1) is 21.3. The van der Waals surface area contributed by atoms with Crippen molar-refractivity contribution in [3.05, 3.63) is 69.3 Å². The van der Waals surface area contributed by atoms with Gasteiger partial charge in [-0.25, -0.2) is 22.0 Å². The number of hydrogen-bond donors (Lipinski definition) is 0. The van der Waals surface area contributed by atoms with Crippen LogP contribution < -0.4 is 5.56 Å². The summed E-state index contributed by atoms with van der Waals surface area (Å²) in [5, 5.41) is 8.60. The molecule has 0 saturated carbocycles. The van der Waals surface area contributed by atoms with Crippen molar-refractivity contribution < 1.29 is 22.0 Å². The lowest BCUT2D eigenvalue weighted by Crippen LogP contribution is -2.23. The molecule has 4 rings (SSSR count). The molecule has 0 amide bonds. The zero-order chi connectivity index (χ0) is 22.3. The Morgan fingerprint density at radius 2 is 1.58 bits per heavy atom. The first-order valence-corrected chi connectivity index (χ1v) is 10.3. The summed E-state index contributed by atoms with van der Waals surface area (Å²) in [6.07, 6.45) is 1.55. The number of benzene rings is 2. The van der Waals surface area contributed by atoms with E-state index in [0.717, 1.165) is 18.2 Å². The van der Waals surface area contributed by atoms with Crippen LogP contribution in [0.3, 0.4) is 0 Å². The highest BCUT2D eigenvalue weighted by Gasteiger charge is 2.26. The van der Waals surface area contributed by atoms with Gasteiger partial charge in [0.25, 0.3) is 5.56 Å². The summed E-state index contributed by atoms with van der Waals surface area (Å²) in [6, 6.07) is 6.71. The second-order valence-electron chi connectivity index (χ2n) is 6.78. The van der Waals surface area contributed by atoms with Crippen LogP contribution in [0.25, 0.3) is 16.7 Å². The van der Waals surface area contributed by atoms with Gasteiger partial charge in [0.1, 0.15) is 0 Å². The standard InChI is InChI=1S/C20H15F5N4OS/c1-2-3-8-28-18(30)10-6-4-5-7-12(10)29-19(28)26-27-20(29)31-9-11-13(21)15(23)17(25)16(24)14(11)22/h4-7H,2-3,8-9H2,1H3. The van der Waals surface area contributed by atoms with Crippen LogP contribution >= 0.6 is 11.8 Å². The van der Waals surface area contributed by atoms with E-state index < -0.39 is 40.4 Å². The molecule has 0 atom stereocenters. The van der Waals surface area contributed by atoms with E-state index in [-0.39, 0.29) is 16.5 Å². The van der Waals surface area contributed by atoms with Gasteiger partial charge in [0.2, 0.25) is 11.6 Å². The lowest BCUT2D eigenvalue weighted by Gasteiger charge is -2.11. The smallest absolute Gasteiger partial charge is 0.262 e. The molecular weight excluding hydrogens is 439 g/mol. The van der Waals surface area contributed by atoms with Crippen molar-refractivity contribution in [2.24, 2.45) is 0 Å². The number of thioether (sulfide) groups is 1. The Labute approximate surface area is 176 Å². The number of aromatic nitrogens is 4. The zero-order valence-corrected chi connectivity index (χ0v) is 16.9. The van der Waals surface area contributed by atoms with Crippen LogP contribution in [0.4, 0.5) is 22.0 Å². The Hall–Kier alpha value is -2.95. The van der Waals surface area contributed by atoms with E-state index in [1.165, 1.54) is 4.57 Å². The second kappa shape index (κ2) is 8.29. The molecule has 4 aromatic rings. The number of para-hydroxylation sites is 1. The molecule has 0 aliphatic rings. The van der Waals surface area contributed by atoms with E-state index in [1.807, 2.05) is 6.92 Å². The number of rotatable bonds is 6. The van der Waals surface area contributed by atoms with Crippen molar-refractivity contribution >= 4 is 28.4 Å². The molecular formula is C20H15F5N4OS. The number of unbranched alkanes of at least 4 members (excludes halogenated alkanes) is 1. The molecule has 0 aliphatic carbocycles. The molecule has 0 aliphatic heterocycles. The maximum absolute atomic E-state index is 14.0. The van der Waals surface area contributed by atoms with Crippen molar-refractivity contribution in [1.29, 1.82) is 0 Å². The average Bonchev–Trinajstić information content (AvgIpc) is 3.20. The van der Waals surface area contributed by atoms with Crippen LogP contribution in [0, 0.1) is 29.1 Å². The van der Waals surface area contributed by atoms with Crippen LogP contribution in [0.2, 0.25) is 0 Å². The fourth-order valence-corrected chi connectivity index (χ4v) is 4.19. The fourth-order valence-electron chi connectivity index (χ4n) is 3.26. The third kappa shape index (κ3) is 3.46. The van der Waals surface area contributed by atoms with Gasteiger partial charge in [-0.3, -0.25) is 13.8 Å². The summed E-state index contributed by atoms with van der Waals surface area (Å²) in [5.41, 5.74) is -0.734. The van der Waals surface area contributed by atoms with E-state index >= 15 is 0 Å². The molecule has 0 unspecified atom stereocenters. The van der Waals surface area contributed by atoms with Gasteiger partial charge in [0.05, 0.1) is 10.9 Å². The highest BCUT2D eigenvalue weighted by Crippen LogP contribution is 2.30. The summed E-state index contributed by atoms with van der Waals surface area (Å²) in [6.45, 7) is 2.36. The average molecular weight is 454 g/mol. The van der Waals surface area contributed by atoms with E-state index in [0.29, 0.717) is 23.9 Å². The van der Waals surface area contributed by atoms with Gasteiger partial charge in [-0.05, 0) is 18.6 Å². The molecule has 0 saturated heterocycles. The predicted octanol–water partition coefficient (Wildman–Crippen LogP) is 4.83. The van der Waals surface area contributed by atoms with Gasteiger partial charge in [0.15, 0.2) is 28.4 Å². The summed E-state index contributed by atoms with van der Waals surface area (Å²) in [5.74, 6) is -10.3. The van der Waals surface area contributed by atoms with Crippen LogP contribution in [0.15, 0.2) is 34.2 Å². The van der Waals surface area contributed by atoms with Gasteiger partial charge >= 0.3 is 0 Å². The first-order chi connectivity index (χ1) is 14.9. The molecule has 0 spiro atoms. The minimum atomic E-state index is -2.21. The minimum Gasteiger partial charge on any atom is -0.276 e. The minimum absolute atomic E-state index is 0.153. The topological polar surface area (TPSA) is 52.2 Å². The van der Waals surface area contributed by atoms with Crippen molar-refractivity contribution in [2.45, 2.75) is 37.2 Å². The van der Waals surface area contributed by atoms with Crippen molar-refractivity contribution in [3.8, 4) is 0 Å². The van der Waals surface area contributed by atoms with Crippen molar-refractivity contribution in [2.75, 3.05) is 0 Å². The second-order valence-corrected chi connectivity index (χ2v) is 7.73. The van der Waals surface area contributed by atoms with Crippen LogP contribution in [0.1, 0.15) is 25.3 Å². The number of hydrogen-bond acceptors (Lipinski definition) is 4. The number of fused-ring (bicyclic) bond motifs is 3. The predicted molar refractivity (Wildman–Crippen MR) is 105 cm³/mol. The summed E-state index contributed by atoms with van der Waals surface area (Å²) in [7, 11) is 0. The zero-order valence-electron chi connectivity index (χ0n) is 16.1. The van der Waals surface area contributed by atoms with E-state index in [9.17, 15) is 26.7 Å². The van der Waals surface area contributed by atoms with Crippen molar-refractivity contribution in [1.82, 2.24) is 19.2 Å². The van der Waals surface area contributed by atoms with Crippen LogP contribution in [-0.4, -0.2) is 19.2 Å². The van der Waals surface area contributed by atoms with Crippen molar-refractivity contribution in [3.63, 3.8) is 0 Å². The molecule has 2 aromatic heterocycles. The van der Waals surface area contributed by atoms with Gasteiger partial charge in [-0.1, -0.05) is 37.2 Å². The molecule has 31 heavy (non-hydrogen) atoms. The maximum atomic E-state index is 14.0. The largest absolute Gasteiger partial charge is 0.276 e. The van der Waals surface area contributed by atoms with E-state index in [4.69, 9.17) is 0 Å². The first-order valence-electron chi connectivity index (χ1n) is 9.36. The molecule has 11 heteroatoms. The monoisotopic (exact) mass is 454 g/mol. The molecule has 2 aromatic carbocycles. The van der Waals surface area contributed by atoms with Crippen LogP contribution in [0.5, 0.6) is 0 Å².